The van der Waals surface area contributed by atoms with Gasteiger partial charge in [-0.25, -0.2) is 9.97 Å². The number of halogens is 1. The van der Waals surface area contributed by atoms with Gasteiger partial charge in [-0.3, -0.25) is 0 Å². The average molecular weight is 391 g/mol. The third-order valence-electron chi connectivity index (χ3n) is 5.23. The molecule has 5 heteroatoms. The molecule has 0 aliphatic heterocycles. The maximum atomic E-state index is 6.27. The summed E-state index contributed by atoms with van der Waals surface area (Å²) in [4.78, 5) is 9.11. The Hall–Kier alpha value is -2.85. The summed E-state index contributed by atoms with van der Waals surface area (Å²) in [6.45, 7) is 5.85. The van der Waals surface area contributed by atoms with Crippen LogP contribution < -0.4 is 5.32 Å². The Balaban J connectivity index is 1.61. The predicted molar refractivity (Wildman–Crippen MR) is 116 cm³/mol. The Morgan fingerprint density at radius 2 is 1.71 bits per heavy atom. The molecule has 142 valence electrons. The standard InChI is InChI=1S/C23H23ClN4/c1-16-17(2)28(14-18-8-4-3-5-9-18)23-21(16)22(26-15-27-23)25-13-12-19-10-6-7-11-20(19)24/h3-11,15H,12-14H2,1-2H3,(H,25,26,27). The third-order valence-corrected chi connectivity index (χ3v) is 5.60. The molecule has 0 bridgehead atoms. The molecule has 4 nitrogen and oxygen atoms in total. The molecule has 4 aromatic rings. The van der Waals surface area contributed by atoms with Crippen LogP contribution in [0.5, 0.6) is 0 Å². The van der Waals surface area contributed by atoms with Gasteiger partial charge in [-0.1, -0.05) is 60.1 Å². The fraction of sp³-hybridized carbons (Fsp3) is 0.217. The van der Waals surface area contributed by atoms with E-state index in [1.165, 1.54) is 16.8 Å². The Morgan fingerprint density at radius 1 is 0.964 bits per heavy atom. The minimum atomic E-state index is 0.762. The summed E-state index contributed by atoms with van der Waals surface area (Å²) in [5.74, 6) is 0.879. The smallest absolute Gasteiger partial charge is 0.146 e. The van der Waals surface area contributed by atoms with Crippen molar-refractivity contribution in [2.24, 2.45) is 0 Å². The largest absolute Gasteiger partial charge is 0.369 e. The summed E-state index contributed by atoms with van der Waals surface area (Å²) in [6.07, 6.45) is 2.48. The number of fused-ring (bicyclic) bond motifs is 1. The van der Waals surface area contributed by atoms with Gasteiger partial charge in [0, 0.05) is 23.8 Å². The number of aromatic nitrogens is 3. The maximum Gasteiger partial charge on any atom is 0.146 e. The Labute approximate surface area is 170 Å². The van der Waals surface area contributed by atoms with Gasteiger partial charge >= 0.3 is 0 Å². The lowest BCUT2D eigenvalue weighted by atomic mass is 10.1. The lowest BCUT2D eigenvalue weighted by Crippen LogP contribution is -2.08. The molecule has 0 saturated heterocycles. The van der Waals surface area contributed by atoms with Gasteiger partial charge in [0.05, 0.1) is 5.39 Å². The number of nitrogens with one attached hydrogen (secondary N) is 1. The first-order chi connectivity index (χ1) is 13.6. The van der Waals surface area contributed by atoms with E-state index in [-0.39, 0.29) is 0 Å². The highest BCUT2D eigenvalue weighted by Crippen LogP contribution is 2.29. The lowest BCUT2D eigenvalue weighted by molar-refractivity contribution is 0.790. The molecular formula is C23H23ClN4. The monoisotopic (exact) mass is 390 g/mol. The molecule has 0 aliphatic carbocycles. The highest BCUT2D eigenvalue weighted by molar-refractivity contribution is 6.31. The third kappa shape index (κ3) is 3.60. The van der Waals surface area contributed by atoms with Crippen molar-refractivity contribution in [3.8, 4) is 0 Å². The Morgan fingerprint density at radius 3 is 2.50 bits per heavy atom. The van der Waals surface area contributed by atoms with Crippen LogP contribution in [0, 0.1) is 13.8 Å². The molecule has 2 aromatic heterocycles. The number of aryl methyl sites for hydroxylation is 1. The highest BCUT2D eigenvalue weighted by Gasteiger charge is 2.16. The Bertz CT molecular complexity index is 1100. The summed E-state index contributed by atoms with van der Waals surface area (Å²) in [5, 5.41) is 5.38. The van der Waals surface area contributed by atoms with Crippen LogP contribution in [-0.2, 0) is 13.0 Å². The molecular weight excluding hydrogens is 368 g/mol. The molecule has 0 unspecified atom stereocenters. The summed E-state index contributed by atoms with van der Waals surface area (Å²) in [5.41, 5.74) is 5.79. The van der Waals surface area contributed by atoms with Crippen molar-refractivity contribution >= 4 is 28.5 Å². The minimum Gasteiger partial charge on any atom is -0.369 e. The van der Waals surface area contributed by atoms with E-state index in [1.54, 1.807) is 6.33 Å². The van der Waals surface area contributed by atoms with E-state index in [0.29, 0.717) is 0 Å². The van der Waals surface area contributed by atoms with Gasteiger partial charge in [-0.15, -0.1) is 0 Å². The molecule has 0 spiro atoms. The zero-order valence-corrected chi connectivity index (χ0v) is 16.9. The molecule has 0 fully saturated rings. The molecule has 0 aliphatic rings. The van der Waals surface area contributed by atoms with Crippen molar-refractivity contribution in [1.29, 1.82) is 0 Å². The van der Waals surface area contributed by atoms with Crippen LogP contribution in [0.25, 0.3) is 11.0 Å². The van der Waals surface area contributed by atoms with Crippen molar-refractivity contribution < 1.29 is 0 Å². The average Bonchev–Trinajstić information content (AvgIpc) is 2.96. The van der Waals surface area contributed by atoms with Crippen LogP contribution in [0.1, 0.15) is 22.4 Å². The second-order valence-corrected chi connectivity index (χ2v) is 7.38. The van der Waals surface area contributed by atoms with Crippen LogP contribution in [0.2, 0.25) is 5.02 Å². The quantitative estimate of drug-likeness (QED) is 0.479. The first kappa shape index (κ1) is 18.5. The number of anilines is 1. The molecule has 2 aromatic carbocycles. The molecule has 2 heterocycles. The summed E-state index contributed by atoms with van der Waals surface area (Å²) in [7, 11) is 0. The first-order valence-corrected chi connectivity index (χ1v) is 9.84. The number of hydrogen-bond acceptors (Lipinski definition) is 3. The molecule has 1 N–H and O–H groups in total. The maximum absolute atomic E-state index is 6.27. The topological polar surface area (TPSA) is 42.7 Å². The summed E-state index contributed by atoms with van der Waals surface area (Å²) < 4.78 is 2.26. The first-order valence-electron chi connectivity index (χ1n) is 9.46. The van der Waals surface area contributed by atoms with E-state index < -0.39 is 0 Å². The molecule has 28 heavy (non-hydrogen) atoms. The van der Waals surface area contributed by atoms with Gasteiger partial charge in [0.15, 0.2) is 0 Å². The minimum absolute atomic E-state index is 0.762. The van der Waals surface area contributed by atoms with Crippen LogP contribution in [0.3, 0.4) is 0 Å². The fourth-order valence-electron chi connectivity index (χ4n) is 3.58. The van der Waals surface area contributed by atoms with E-state index in [9.17, 15) is 0 Å². The van der Waals surface area contributed by atoms with Crippen LogP contribution in [0.4, 0.5) is 5.82 Å². The van der Waals surface area contributed by atoms with E-state index >= 15 is 0 Å². The second-order valence-electron chi connectivity index (χ2n) is 6.97. The lowest BCUT2D eigenvalue weighted by Gasteiger charge is -2.09. The van der Waals surface area contributed by atoms with Gasteiger partial charge in [0.25, 0.3) is 0 Å². The molecule has 0 atom stereocenters. The van der Waals surface area contributed by atoms with E-state index in [0.717, 1.165) is 46.9 Å². The van der Waals surface area contributed by atoms with Gasteiger partial charge in [-0.2, -0.15) is 0 Å². The van der Waals surface area contributed by atoms with E-state index in [4.69, 9.17) is 11.6 Å². The van der Waals surface area contributed by atoms with E-state index in [1.807, 2.05) is 24.3 Å². The summed E-state index contributed by atoms with van der Waals surface area (Å²) in [6, 6.07) is 18.4. The van der Waals surface area contributed by atoms with Crippen molar-refractivity contribution in [3.63, 3.8) is 0 Å². The zero-order chi connectivity index (χ0) is 19.5. The second kappa shape index (κ2) is 8.03. The number of rotatable bonds is 6. The number of benzene rings is 2. The van der Waals surface area contributed by atoms with Crippen molar-refractivity contribution in [3.05, 3.63) is 88.3 Å². The van der Waals surface area contributed by atoms with Gasteiger partial charge in [0.1, 0.15) is 17.8 Å². The molecule has 0 amide bonds. The Kier molecular flexibility index (Phi) is 5.31. The van der Waals surface area contributed by atoms with Gasteiger partial charge in [-0.05, 0) is 43.0 Å². The number of nitrogens with zero attached hydrogens (tertiary/aromatic N) is 3. The SMILES string of the molecule is Cc1c(C)n(Cc2ccccc2)c2ncnc(NCCc3ccccc3Cl)c12. The predicted octanol–water partition coefficient (Wildman–Crippen LogP) is 5.40. The zero-order valence-electron chi connectivity index (χ0n) is 16.1. The molecule has 0 saturated carbocycles. The van der Waals surface area contributed by atoms with Crippen LogP contribution in [0.15, 0.2) is 60.9 Å². The molecule has 0 radical (unpaired) electrons. The van der Waals surface area contributed by atoms with Crippen molar-refractivity contribution in [2.75, 3.05) is 11.9 Å². The van der Waals surface area contributed by atoms with Crippen molar-refractivity contribution in [2.45, 2.75) is 26.8 Å². The van der Waals surface area contributed by atoms with E-state index in [2.05, 4.69) is 64.0 Å². The van der Waals surface area contributed by atoms with Crippen LogP contribution in [-0.4, -0.2) is 21.1 Å². The number of hydrogen-bond donors (Lipinski definition) is 1. The van der Waals surface area contributed by atoms with Gasteiger partial charge in [0.2, 0.25) is 0 Å². The van der Waals surface area contributed by atoms with Crippen molar-refractivity contribution in [1.82, 2.24) is 14.5 Å². The van der Waals surface area contributed by atoms with Crippen LogP contribution >= 0.6 is 11.6 Å². The highest BCUT2D eigenvalue weighted by atomic mass is 35.5. The van der Waals surface area contributed by atoms with Gasteiger partial charge < -0.3 is 9.88 Å². The fourth-order valence-corrected chi connectivity index (χ4v) is 3.81. The normalized spacial score (nSPS) is 11.1. The molecule has 4 rings (SSSR count). The summed E-state index contributed by atoms with van der Waals surface area (Å²) >= 11 is 6.27.